The molecule has 4 aromatic carbocycles. The largest absolute Gasteiger partial charge is 0.375 e. The molecule has 188 valence electrons. The maximum Gasteiger partial charge on any atom is 0.159 e. The molecular weight excluding hydrogens is 460 g/mol. The van der Waals surface area contributed by atoms with E-state index < -0.39 is 11.8 Å². The molecule has 1 heterocycles. The summed E-state index contributed by atoms with van der Waals surface area (Å²) >= 11 is 0. The maximum absolute atomic E-state index is 5.84. The fourth-order valence-corrected chi connectivity index (χ4v) is 5.08. The first-order valence-corrected chi connectivity index (χ1v) is 12.5. The Balaban J connectivity index is 1.85. The molecule has 2 atom stereocenters. The Kier molecular flexibility index (Phi) is 7.30. The Labute approximate surface area is 217 Å². The Morgan fingerprint density at radius 3 is 2.08 bits per heavy atom. The third-order valence-corrected chi connectivity index (χ3v) is 6.98. The van der Waals surface area contributed by atoms with E-state index in [1.54, 1.807) is 14.2 Å². The predicted molar refractivity (Wildman–Crippen MR) is 147 cm³/mol. The molecule has 37 heavy (non-hydrogen) atoms. The Morgan fingerprint density at radius 2 is 1.41 bits per heavy atom. The first kappa shape index (κ1) is 24.7. The number of nitrogens with one attached hydrogen (secondary N) is 1. The van der Waals surface area contributed by atoms with Gasteiger partial charge < -0.3 is 14.8 Å². The molecule has 0 aliphatic carbocycles. The fourth-order valence-electron chi connectivity index (χ4n) is 5.08. The van der Waals surface area contributed by atoms with E-state index in [2.05, 4.69) is 84.1 Å². The van der Waals surface area contributed by atoms with E-state index in [4.69, 9.17) is 14.7 Å². The number of hydrogen-bond donors (Lipinski definition) is 1. The van der Waals surface area contributed by atoms with Crippen LogP contribution in [-0.2, 0) is 15.0 Å². The number of fused-ring (bicyclic) bond motifs is 1. The van der Waals surface area contributed by atoms with Gasteiger partial charge in [0.25, 0.3) is 0 Å². The SMILES string of the molecule is COC(CC(c1ccc(C)cc1)(C(Nc1ccccc1)c1ccccc1)n1nnc2ccccc21)OC. The van der Waals surface area contributed by atoms with Gasteiger partial charge in [0.2, 0.25) is 0 Å². The van der Waals surface area contributed by atoms with E-state index in [0.29, 0.717) is 6.42 Å². The molecule has 5 rings (SSSR count). The summed E-state index contributed by atoms with van der Waals surface area (Å²) < 4.78 is 13.7. The lowest BCUT2D eigenvalue weighted by molar-refractivity contribution is -0.122. The molecule has 0 aliphatic heterocycles. The molecule has 0 aliphatic rings. The minimum atomic E-state index is -0.780. The van der Waals surface area contributed by atoms with Gasteiger partial charge in [-0.2, -0.15) is 0 Å². The van der Waals surface area contributed by atoms with Crippen molar-refractivity contribution >= 4 is 16.7 Å². The minimum Gasteiger partial charge on any atom is -0.375 e. The number of rotatable bonds is 10. The van der Waals surface area contributed by atoms with Crippen LogP contribution in [0.5, 0.6) is 0 Å². The van der Waals surface area contributed by atoms with E-state index in [1.807, 2.05) is 47.1 Å². The highest BCUT2D eigenvalue weighted by Gasteiger charge is 2.47. The summed E-state index contributed by atoms with van der Waals surface area (Å²) in [4.78, 5) is 0. The van der Waals surface area contributed by atoms with Crippen LogP contribution in [0.1, 0.15) is 29.2 Å². The van der Waals surface area contributed by atoms with Crippen molar-refractivity contribution < 1.29 is 9.47 Å². The molecule has 1 N–H and O–H groups in total. The maximum atomic E-state index is 5.84. The highest BCUT2D eigenvalue weighted by Crippen LogP contribution is 2.46. The lowest BCUT2D eigenvalue weighted by Gasteiger charge is -2.44. The van der Waals surface area contributed by atoms with Crippen molar-refractivity contribution in [2.75, 3.05) is 19.5 Å². The molecule has 0 fully saturated rings. The molecular formula is C31H32N4O2. The van der Waals surface area contributed by atoms with Gasteiger partial charge in [0.05, 0.1) is 11.6 Å². The lowest BCUT2D eigenvalue weighted by Crippen LogP contribution is -2.48. The van der Waals surface area contributed by atoms with Gasteiger partial charge in [0.15, 0.2) is 6.29 Å². The zero-order valence-electron chi connectivity index (χ0n) is 21.4. The van der Waals surface area contributed by atoms with Gasteiger partial charge in [-0.05, 0) is 42.3 Å². The molecule has 0 radical (unpaired) electrons. The molecule has 2 unspecified atom stereocenters. The highest BCUT2D eigenvalue weighted by molar-refractivity contribution is 5.74. The number of aryl methyl sites for hydroxylation is 1. The molecule has 0 spiro atoms. The van der Waals surface area contributed by atoms with Crippen LogP contribution in [-0.4, -0.2) is 35.5 Å². The van der Waals surface area contributed by atoms with Gasteiger partial charge in [-0.1, -0.05) is 95.7 Å². The van der Waals surface area contributed by atoms with Crippen LogP contribution in [0.3, 0.4) is 0 Å². The standard InChI is InChI=1S/C31H32N4O2/c1-23-18-20-25(21-19-23)31(22-29(36-2)37-3,35-28-17-11-10-16-27(28)33-34-35)30(24-12-6-4-7-13-24)32-26-14-8-5-9-15-26/h4-21,29-30,32H,22H2,1-3H3. The van der Waals surface area contributed by atoms with Crippen molar-refractivity contribution in [3.05, 3.63) is 126 Å². The van der Waals surface area contributed by atoms with Gasteiger partial charge in [0, 0.05) is 26.3 Å². The van der Waals surface area contributed by atoms with E-state index in [1.165, 1.54) is 5.56 Å². The molecule has 0 amide bonds. The Bertz CT molecular complexity index is 1420. The van der Waals surface area contributed by atoms with Crippen molar-refractivity contribution in [1.82, 2.24) is 15.0 Å². The summed E-state index contributed by atoms with van der Waals surface area (Å²) in [6.07, 6.45) is -0.0106. The van der Waals surface area contributed by atoms with E-state index in [-0.39, 0.29) is 6.04 Å². The van der Waals surface area contributed by atoms with Crippen molar-refractivity contribution in [2.24, 2.45) is 0 Å². The van der Waals surface area contributed by atoms with Crippen LogP contribution < -0.4 is 5.32 Å². The zero-order valence-corrected chi connectivity index (χ0v) is 21.4. The second-order valence-corrected chi connectivity index (χ2v) is 9.24. The van der Waals surface area contributed by atoms with Crippen LogP contribution >= 0.6 is 0 Å². The van der Waals surface area contributed by atoms with Crippen LogP contribution in [0.25, 0.3) is 11.0 Å². The Morgan fingerprint density at radius 1 is 0.784 bits per heavy atom. The molecule has 0 saturated heterocycles. The highest BCUT2D eigenvalue weighted by atomic mass is 16.7. The second kappa shape index (κ2) is 10.9. The van der Waals surface area contributed by atoms with E-state index in [0.717, 1.165) is 27.8 Å². The van der Waals surface area contributed by atoms with Gasteiger partial charge in [-0.25, -0.2) is 4.68 Å². The minimum absolute atomic E-state index is 0.253. The van der Waals surface area contributed by atoms with Crippen LogP contribution in [0.2, 0.25) is 0 Å². The zero-order chi connectivity index (χ0) is 25.7. The van der Waals surface area contributed by atoms with Crippen molar-refractivity contribution in [3.63, 3.8) is 0 Å². The molecule has 6 nitrogen and oxygen atoms in total. The number of ether oxygens (including phenoxy) is 2. The van der Waals surface area contributed by atoms with Gasteiger partial charge >= 0.3 is 0 Å². The topological polar surface area (TPSA) is 61.2 Å². The van der Waals surface area contributed by atoms with Gasteiger partial charge in [-0.3, -0.25) is 0 Å². The number of benzene rings is 4. The number of methoxy groups -OCH3 is 2. The number of aromatic nitrogens is 3. The van der Waals surface area contributed by atoms with E-state index in [9.17, 15) is 0 Å². The smallest absolute Gasteiger partial charge is 0.159 e. The van der Waals surface area contributed by atoms with Gasteiger partial charge in [-0.15, -0.1) is 5.10 Å². The molecule has 1 aromatic heterocycles. The first-order valence-electron chi connectivity index (χ1n) is 12.5. The number of para-hydroxylation sites is 2. The monoisotopic (exact) mass is 492 g/mol. The summed E-state index contributed by atoms with van der Waals surface area (Å²) in [5.74, 6) is 0. The summed E-state index contributed by atoms with van der Waals surface area (Å²) in [7, 11) is 3.35. The third-order valence-electron chi connectivity index (χ3n) is 6.98. The average molecular weight is 493 g/mol. The Hall–Kier alpha value is -4.00. The summed E-state index contributed by atoms with van der Waals surface area (Å²) in [6.45, 7) is 2.10. The number of hydrogen-bond acceptors (Lipinski definition) is 5. The van der Waals surface area contributed by atoms with Crippen LogP contribution in [0, 0.1) is 6.92 Å². The number of anilines is 1. The lowest BCUT2D eigenvalue weighted by atomic mass is 9.76. The van der Waals surface area contributed by atoms with Crippen molar-refractivity contribution in [2.45, 2.75) is 31.2 Å². The van der Waals surface area contributed by atoms with Crippen LogP contribution in [0.15, 0.2) is 109 Å². The quantitative estimate of drug-likeness (QED) is 0.230. The van der Waals surface area contributed by atoms with E-state index >= 15 is 0 Å². The summed E-state index contributed by atoms with van der Waals surface area (Å²) in [5, 5.41) is 13.2. The summed E-state index contributed by atoms with van der Waals surface area (Å²) in [5.41, 5.74) is 5.36. The van der Waals surface area contributed by atoms with Gasteiger partial charge in [0.1, 0.15) is 11.1 Å². The van der Waals surface area contributed by atoms with Crippen molar-refractivity contribution in [3.8, 4) is 0 Å². The average Bonchev–Trinajstić information content (AvgIpc) is 3.39. The second-order valence-electron chi connectivity index (χ2n) is 9.24. The summed E-state index contributed by atoms with van der Waals surface area (Å²) in [6, 6.07) is 37.2. The first-order chi connectivity index (χ1) is 18.2. The normalized spacial score (nSPS) is 13.9. The molecule has 0 saturated carbocycles. The molecule has 6 heteroatoms. The fraction of sp³-hybridized carbons (Fsp3) is 0.226. The molecule has 5 aromatic rings. The third kappa shape index (κ3) is 4.86. The number of nitrogens with zero attached hydrogens (tertiary/aromatic N) is 3. The van der Waals surface area contributed by atoms with Crippen molar-refractivity contribution in [1.29, 1.82) is 0 Å². The predicted octanol–water partition coefficient (Wildman–Crippen LogP) is 6.35. The van der Waals surface area contributed by atoms with Crippen LogP contribution in [0.4, 0.5) is 5.69 Å². The molecule has 0 bridgehead atoms.